The summed E-state index contributed by atoms with van der Waals surface area (Å²) in [4.78, 5) is 36.1. The van der Waals surface area contributed by atoms with Crippen molar-refractivity contribution in [1.29, 1.82) is 0 Å². The molecule has 176 valence electrons. The van der Waals surface area contributed by atoms with Crippen LogP contribution in [0.3, 0.4) is 0 Å². The second kappa shape index (κ2) is 11.3. The van der Waals surface area contributed by atoms with Gasteiger partial charge in [0.05, 0.1) is 11.7 Å². The van der Waals surface area contributed by atoms with Crippen molar-refractivity contribution in [2.45, 2.75) is 51.4 Å². The molecule has 1 amide bonds. The molecule has 1 unspecified atom stereocenters. The first-order chi connectivity index (χ1) is 16.1. The number of likely N-dealkylation sites (tertiary alicyclic amines) is 1. The fourth-order valence-corrected chi connectivity index (χ4v) is 4.44. The number of benzene rings is 1. The van der Waals surface area contributed by atoms with Crippen LogP contribution < -0.4 is 10.6 Å². The van der Waals surface area contributed by atoms with Crippen molar-refractivity contribution >= 4 is 11.7 Å². The van der Waals surface area contributed by atoms with Crippen LogP contribution in [0.4, 0.5) is 5.82 Å². The van der Waals surface area contributed by atoms with Gasteiger partial charge >= 0.3 is 0 Å². The summed E-state index contributed by atoms with van der Waals surface area (Å²) in [6.45, 7) is 6.95. The molecule has 0 spiro atoms. The molecule has 4 rings (SSSR count). The molecule has 2 N–H and O–H groups in total. The first kappa shape index (κ1) is 23.3. The van der Waals surface area contributed by atoms with Crippen LogP contribution >= 0.6 is 0 Å². The van der Waals surface area contributed by atoms with Crippen LogP contribution in [-0.4, -0.2) is 70.5 Å². The van der Waals surface area contributed by atoms with Crippen LogP contribution in [0.15, 0.2) is 41.8 Å². The normalized spacial score (nSPS) is 17.2. The summed E-state index contributed by atoms with van der Waals surface area (Å²) in [5, 5.41) is 10.0. The molecule has 0 aliphatic carbocycles. The lowest BCUT2D eigenvalue weighted by Crippen LogP contribution is -2.57. The lowest BCUT2D eigenvalue weighted by Gasteiger charge is -2.39. The molecule has 0 bridgehead atoms. The molecule has 0 radical (unpaired) electrons. The van der Waals surface area contributed by atoms with Gasteiger partial charge in [0.2, 0.25) is 5.91 Å². The fourth-order valence-electron chi connectivity index (χ4n) is 4.44. The molecule has 2 aromatic rings. The van der Waals surface area contributed by atoms with Crippen LogP contribution in [0.1, 0.15) is 36.6 Å². The Balaban J connectivity index is 1.19. The van der Waals surface area contributed by atoms with E-state index in [-0.39, 0.29) is 18.0 Å². The molecule has 1 aromatic heterocycles. The van der Waals surface area contributed by atoms with E-state index in [1.54, 1.807) is 6.33 Å². The second-order valence-corrected chi connectivity index (χ2v) is 8.93. The Bertz CT molecular complexity index is 948. The minimum Gasteiger partial charge on any atom is -0.364 e. The Morgan fingerprint density at radius 3 is 2.85 bits per heavy atom. The van der Waals surface area contributed by atoms with Crippen molar-refractivity contribution in [3.8, 4) is 0 Å². The molecule has 3 heterocycles. The monoisotopic (exact) mass is 451 g/mol. The van der Waals surface area contributed by atoms with Gasteiger partial charge in [-0.3, -0.25) is 9.69 Å². The molecule has 1 fully saturated rings. The molecule has 1 aromatic carbocycles. The average Bonchev–Trinajstić information content (AvgIpc) is 2.80. The summed E-state index contributed by atoms with van der Waals surface area (Å²) >= 11 is 0. The number of fused-ring (bicyclic) bond motifs is 1. The van der Waals surface area contributed by atoms with Crippen molar-refractivity contribution < 1.29 is 4.79 Å². The third kappa shape index (κ3) is 6.33. The summed E-state index contributed by atoms with van der Waals surface area (Å²) in [5.41, 5.74) is 3.59. The number of nitrogens with zero attached hydrogens (tertiary/aromatic N) is 5. The number of nitroso groups, excluding NO2 is 1. The van der Waals surface area contributed by atoms with E-state index in [0.29, 0.717) is 39.1 Å². The predicted molar refractivity (Wildman–Crippen MR) is 128 cm³/mol. The Hall–Kier alpha value is -2.91. The largest absolute Gasteiger partial charge is 0.364 e. The number of hydrogen-bond acceptors (Lipinski definition) is 8. The van der Waals surface area contributed by atoms with Gasteiger partial charge in [0.1, 0.15) is 18.2 Å². The lowest BCUT2D eigenvalue weighted by molar-refractivity contribution is -0.135. The minimum absolute atomic E-state index is 0.218. The van der Waals surface area contributed by atoms with E-state index in [4.69, 9.17) is 0 Å². The quantitative estimate of drug-likeness (QED) is 0.505. The molecular formula is C24H33N7O2. The van der Waals surface area contributed by atoms with Crippen molar-refractivity contribution in [3.63, 3.8) is 0 Å². The smallest absolute Gasteiger partial charge is 0.222 e. The molecule has 9 heteroatoms. The highest BCUT2D eigenvalue weighted by molar-refractivity contribution is 5.77. The highest BCUT2D eigenvalue weighted by atomic mass is 16.3. The van der Waals surface area contributed by atoms with Gasteiger partial charge in [-0.05, 0) is 24.0 Å². The highest BCUT2D eigenvalue weighted by Gasteiger charge is 2.30. The summed E-state index contributed by atoms with van der Waals surface area (Å²) < 4.78 is 0. The number of anilines is 1. The first-order valence-corrected chi connectivity index (χ1v) is 11.8. The van der Waals surface area contributed by atoms with E-state index in [1.165, 1.54) is 11.1 Å². The average molecular weight is 452 g/mol. The first-order valence-electron chi connectivity index (χ1n) is 11.8. The van der Waals surface area contributed by atoms with Gasteiger partial charge in [-0.15, -0.1) is 0 Å². The maximum Gasteiger partial charge on any atom is 0.222 e. The van der Waals surface area contributed by atoms with E-state index in [9.17, 15) is 9.70 Å². The molecule has 1 atom stereocenters. The van der Waals surface area contributed by atoms with Crippen LogP contribution in [-0.2, 0) is 24.3 Å². The fraction of sp³-hybridized carbons (Fsp3) is 0.542. The van der Waals surface area contributed by atoms with Gasteiger partial charge in [0, 0.05) is 58.3 Å². The Labute approximate surface area is 195 Å². The maximum absolute atomic E-state index is 11.9. The number of rotatable bonds is 11. The van der Waals surface area contributed by atoms with Crippen LogP contribution in [0.2, 0.25) is 0 Å². The molecular weight excluding hydrogens is 418 g/mol. The number of carbonyl (C=O) groups is 1. The lowest BCUT2D eigenvalue weighted by atomic mass is 9.99. The van der Waals surface area contributed by atoms with Crippen molar-refractivity contribution in [2.24, 2.45) is 5.18 Å². The zero-order chi connectivity index (χ0) is 23.0. The summed E-state index contributed by atoms with van der Waals surface area (Å²) in [6, 6.07) is 10.3. The van der Waals surface area contributed by atoms with Gasteiger partial charge < -0.3 is 15.5 Å². The van der Waals surface area contributed by atoms with E-state index in [2.05, 4.69) is 54.9 Å². The van der Waals surface area contributed by atoms with E-state index >= 15 is 0 Å². The third-order valence-corrected chi connectivity index (χ3v) is 6.29. The minimum atomic E-state index is -0.309. The van der Waals surface area contributed by atoms with E-state index in [1.807, 2.05) is 17.9 Å². The van der Waals surface area contributed by atoms with Gasteiger partial charge in [-0.2, -0.15) is 4.91 Å². The number of hydrogen-bond donors (Lipinski definition) is 2. The number of aromatic nitrogens is 2. The maximum atomic E-state index is 11.9. The molecule has 9 nitrogen and oxygen atoms in total. The van der Waals surface area contributed by atoms with Crippen LogP contribution in [0, 0.1) is 4.91 Å². The second-order valence-electron chi connectivity index (χ2n) is 8.93. The number of nitrogens with one attached hydrogen (secondary N) is 2. The predicted octanol–water partition coefficient (Wildman–Crippen LogP) is 2.18. The summed E-state index contributed by atoms with van der Waals surface area (Å²) in [5.74, 6) is 0.974. The zero-order valence-electron chi connectivity index (χ0n) is 19.2. The van der Waals surface area contributed by atoms with E-state index in [0.717, 1.165) is 37.4 Å². The SMILES string of the molecule is CCCC(=O)N1CC(Nc2cc(CNCC(CN3CCc4ccccc4C3)N=O)ncn2)C1. The van der Waals surface area contributed by atoms with Gasteiger partial charge in [-0.1, -0.05) is 36.4 Å². The standard InChI is InChI=1S/C24H33N7O2/c1-2-5-24(32)31-15-22(16-31)28-23-10-20(26-17-27-23)11-25-12-21(29-33)14-30-9-8-18-6-3-4-7-19(18)13-30/h3-4,6-7,10,17,21-22,25H,2,5,8-9,11-16H2,1H3,(H,26,27,28). The highest BCUT2D eigenvalue weighted by Crippen LogP contribution is 2.19. The van der Waals surface area contributed by atoms with Gasteiger partial charge in [0.25, 0.3) is 0 Å². The summed E-state index contributed by atoms with van der Waals surface area (Å²) in [6.07, 6.45) is 4.04. The number of carbonyl (C=O) groups excluding carboxylic acids is 1. The van der Waals surface area contributed by atoms with Crippen molar-refractivity contribution in [2.75, 3.05) is 38.0 Å². The zero-order valence-corrected chi connectivity index (χ0v) is 19.2. The molecule has 2 aliphatic heterocycles. The Morgan fingerprint density at radius 2 is 2.06 bits per heavy atom. The summed E-state index contributed by atoms with van der Waals surface area (Å²) in [7, 11) is 0. The molecule has 1 saturated heterocycles. The molecule has 2 aliphatic rings. The van der Waals surface area contributed by atoms with E-state index < -0.39 is 0 Å². The van der Waals surface area contributed by atoms with Crippen LogP contribution in [0.25, 0.3) is 0 Å². The number of amides is 1. The molecule has 0 saturated carbocycles. The topological polar surface area (TPSA) is 103 Å². The third-order valence-electron chi connectivity index (χ3n) is 6.29. The van der Waals surface area contributed by atoms with Crippen molar-refractivity contribution in [1.82, 2.24) is 25.1 Å². The van der Waals surface area contributed by atoms with Gasteiger partial charge in [-0.25, -0.2) is 9.97 Å². The van der Waals surface area contributed by atoms with Crippen molar-refractivity contribution in [3.05, 3.63) is 58.4 Å². The molecule has 33 heavy (non-hydrogen) atoms. The Kier molecular flexibility index (Phi) is 7.96. The Morgan fingerprint density at radius 1 is 1.24 bits per heavy atom. The van der Waals surface area contributed by atoms with Crippen LogP contribution in [0.5, 0.6) is 0 Å². The van der Waals surface area contributed by atoms with Gasteiger partial charge in [0.15, 0.2) is 0 Å².